The third-order valence-corrected chi connectivity index (χ3v) is 3.10. The van der Waals surface area contributed by atoms with Crippen molar-refractivity contribution in [2.75, 3.05) is 39.9 Å². The average Bonchev–Trinajstić information content (AvgIpc) is 2.38. The minimum absolute atomic E-state index is 0.122. The van der Waals surface area contributed by atoms with Gasteiger partial charge in [0, 0.05) is 32.2 Å². The van der Waals surface area contributed by atoms with E-state index in [2.05, 4.69) is 10.2 Å². The second-order valence-corrected chi connectivity index (χ2v) is 4.57. The molecule has 19 heavy (non-hydrogen) atoms. The van der Waals surface area contributed by atoms with Gasteiger partial charge in [-0.2, -0.15) is 0 Å². The Kier molecular flexibility index (Phi) is 6.58. The number of carbonyl (C=O) groups is 2. The van der Waals surface area contributed by atoms with E-state index >= 15 is 0 Å². The van der Waals surface area contributed by atoms with Gasteiger partial charge in [0.15, 0.2) is 0 Å². The smallest absolute Gasteiger partial charge is 0.407 e. The van der Waals surface area contributed by atoms with E-state index in [9.17, 15) is 9.59 Å². The first-order chi connectivity index (χ1) is 9.10. The number of amides is 1. The maximum atomic E-state index is 11.6. The lowest BCUT2D eigenvalue weighted by atomic mass is 9.94. The highest BCUT2D eigenvalue weighted by Gasteiger charge is 2.32. The van der Waals surface area contributed by atoms with Gasteiger partial charge in [0.05, 0.1) is 19.6 Å². The molecular weight excluding hydrogens is 250 g/mol. The molecule has 2 unspecified atom stereocenters. The SMILES string of the molecule is CCOC(=O)NC1CC(C(=O)OC)CN(CCN)C1. The number of methoxy groups -OCH3 is 1. The topological polar surface area (TPSA) is 93.9 Å². The Morgan fingerprint density at radius 2 is 2.16 bits per heavy atom. The Bertz CT molecular complexity index is 311. The number of ether oxygens (including phenoxy) is 2. The lowest BCUT2D eigenvalue weighted by Gasteiger charge is -2.36. The van der Waals surface area contributed by atoms with Gasteiger partial charge < -0.3 is 20.5 Å². The van der Waals surface area contributed by atoms with Crippen LogP contribution in [0.5, 0.6) is 0 Å². The van der Waals surface area contributed by atoms with Crippen molar-refractivity contribution in [3.8, 4) is 0 Å². The summed E-state index contributed by atoms with van der Waals surface area (Å²) in [4.78, 5) is 25.1. The number of nitrogens with one attached hydrogen (secondary N) is 1. The van der Waals surface area contributed by atoms with Crippen molar-refractivity contribution in [1.82, 2.24) is 10.2 Å². The summed E-state index contributed by atoms with van der Waals surface area (Å²) >= 11 is 0. The molecule has 0 aromatic heterocycles. The fourth-order valence-corrected chi connectivity index (χ4v) is 2.34. The number of nitrogens with two attached hydrogens (primary N) is 1. The Hall–Kier alpha value is -1.34. The lowest BCUT2D eigenvalue weighted by molar-refractivity contribution is -0.147. The van der Waals surface area contributed by atoms with Crippen LogP contribution in [0.15, 0.2) is 0 Å². The zero-order chi connectivity index (χ0) is 14.3. The van der Waals surface area contributed by atoms with E-state index in [0.29, 0.717) is 39.2 Å². The second-order valence-electron chi connectivity index (χ2n) is 4.57. The number of carbonyl (C=O) groups excluding carboxylic acids is 2. The molecular formula is C12H23N3O4. The van der Waals surface area contributed by atoms with E-state index in [0.717, 1.165) is 0 Å². The van der Waals surface area contributed by atoms with E-state index in [1.54, 1.807) is 6.92 Å². The van der Waals surface area contributed by atoms with Crippen molar-refractivity contribution in [2.45, 2.75) is 19.4 Å². The Balaban J connectivity index is 2.59. The molecule has 1 aliphatic heterocycles. The summed E-state index contributed by atoms with van der Waals surface area (Å²) in [7, 11) is 1.37. The van der Waals surface area contributed by atoms with Crippen LogP contribution in [0.4, 0.5) is 4.79 Å². The van der Waals surface area contributed by atoms with Crippen LogP contribution in [-0.4, -0.2) is 62.9 Å². The summed E-state index contributed by atoms with van der Waals surface area (Å²) in [5.41, 5.74) is 5.54. The third-order valence-electron chi connectivity index (χ3n) is 3.10. The number of nitrogens with zero attached hydrogens (tertiary/aromatic N) is 1. The average molecular weight is 273 g/mol. The lowest BCUT2D eigenvalue weighted by Crippen LogP contribution is -2.53. The highest BCUT2D eigenvalue weighted by Crippen LogP contribution is 2.18. The predicted octanol–water partition coefficient (Wildman–Crippen LogP) is -0.445. The van der Waals surface area contributed by atoms with Crippen molar-refractivity contribution in [1.29, 1.82) is 0 Å². The number of hydrogen-bond acceptors (Lipinski definition) is 6. The fraction of sp³-hybridized carbons (Fsp3) is 0.833. The van der Waals surface area contributed by atoms with Crippen LogP contribution < -0.4 is 11.1 Å². The van der Waals surface area contributed by atoms with Crippen LogP contribution in [0.3, 0.4) is 0 Å². The molecule has 7 heteroatoms. The number of piperidine rings is 1. The minimum Gasteiger partial charge on any atom is -0.469 e. The molecule has 2 atom stereocenters. The van der Waals surface area contributed by atoms with Crippen LogP contribution in [0.2, 0.25) is 0 Å². The van der Waals surface area contributed by atoms with Crippen molar-refractivity contribution < 1.29 is 19.1 Å². The molecule has 7 nitrogen and oxygen atoms in total. The van der Waals surface area contributed by atoms with Gasteiger partial charge in [-0.15, -0.1) is 0 Å². The van der Waals surface area contributed by atoms with E-state index < -0.39 is 6.09 Å². The molecule has 0 aromatic rings. The highest BCUT2D eigenvalue weighted by molar-refractivity contribution is 5.73. The monoisotopic (exact) mass is 273 g/mol. The normalized spacial score (nSPS) is 23.7. The van der Waals surface area contributed by atoms with E-state index in [-0.39, 0.29) is 17.9 Å². The molecule has 1 aliphatic rings. The number of alkyl carbamates (subject to hydrolysis) is 1. The van der Waals surface area contributed by atoms with Gasteiger partial charge in [0.1, 0.15) is 0 Å². The molecule has 3 N–H and O–H groups in total. The Morgan fingerprint density at radius 3 is 2.74 bits per heavy atom. The van der Waals surface area contributed by atoms with Gasteiger partial charge in [-0.25, -0.2) is 4.79 Å². The molecule has 0 radical (unpaired) electrons. The maximum Gasteiger partial charge on any atom is 0.407 e. The third kappa shape index (κ3) is 5.04. The first-order valence-electron chi connectivity index (χ1n) is 6.54. The van der Waals surface area contributed by atoms with E-state index in [1.807, 2.05) is 0 Å². The van der Waals surface area contributed by atoms with Gasteiger partial charge >= 0.3 is 12.1 Å². The molecule has 0 aliphatic carbocycles. The zero-order valence-corrected chi connectivity index (χ0v) is 11.6. The Labute approximate surface area is 113 Å². The van der Waals surface area contributed by atoms with Crippen molar-refractivity contribution in [3.05, 3.63) is 0 Å². The second kappa shape index (κ2) is 7.96. The van der Waals surface area contributed by atoms with Crippen molar-refractivity contribution in [2.24, 2.45) is 11.7 Å². The quantitative estimate of drug-likeness (QED) is 0.659. The van der Waals surface area contributed by atoms with Gasteiger partial charge in [-0.05, 0) is 13.3 Å². The summed E-state index contributed by atoms with van der Waals surface area (Å²) in [6.45, 7) is 4.56. The summed E-state index contributed by atoms with van der Waals surface area (Å²) in [6.07, 6.45) is 0.109. The number of esters is 1. The van der Waals surface area contributed by atoms with E-state index in [1.165, 1.54) is 7.11 Å². The molecule has 1 rings (SSSR count). The predicted molar refractivity (Wildman–Crippen MR) is 69.6 cm³/mol. The molecule has 1 fully saturated rings. The first-order valence-corrected chi connectivity index (χ1v) is 6.54. The molecule has 1 saturated heterocycles. The first kappa shape index (κ1) is 15.7. The summed E-state index contributed by atoms with van der Waals surface area (Å²) in [6, 6.07) is -0.122. The number of hydrogen-bond donors (Lipinski definition) is 2. The van der Waals surface area contributed by atoms with E-state index in [4.69, 9.17) is 15.2 Å². The van der Waals surface area contributed by atoms with Crippen LogP contribution >= 0.6 is 0 Å². The minimum atomic E-state index is -0.453. The van der Waals surface area contributed by atoms with Crippen LogP contribution in [0.1, 0.15) is 13.3 Å². The van der Waals surface area contributed by atoms with Gasteiger partial charge in [-0.1, -0.05) is 0 Å². The van der Waals surface area contributed by atoms with Crippen molar-refractivity contribution >= 4 is 12.1 Å². The largest absolute Gasteiger partial charge is 0.469 e. The van der Waals surface area contributed by atoms with Gasteiger partial charge in [-0.3, -0.25) is 9.69 Å². The molecule has 110 valence electrons. The molecule has 0 spiro atoms. The molecule has 1 heterocycles. The standard InChI is InChI=1S/C12H23N3O4/c1-3-19-12(17)14-10-6-9(11(16)18-2)7-15(8-10)5-4-13/h9-10H,3-8,13H2,1-2H3,(H,14,17). The van der Waals surface area contributed by atoms with Crippen LogP contribution in [0.25, 0.3) is 0 Å². The molecule has 0 bridgehead atoms. The van der Waals surface area contributed by atoms with Crippen LogP contribution in [-0.2, 0) is 14.3 Å². The fourth-order valence-electron chi connectivity index (χ4n) is 2.34. The maximum absolute atomic E-state index is 11.6. The summed E-state index contributed by atoms with van der Waals surface area (Å²) in [5, 5.41) is 2.77. The number of rotatable bonds is 5. The summed E-state index contributed by atoms with van der Waals surface area (Å²) < 4.78 is 9.63. The Morgan fingerprint density at radius 1 is 1.42 bits per heavy atom. The van der Waals surface area contributed by atoms with Gasteiger partial charge in [0.25, 0.3) is 0 Å². The van der Waals surface area contributed by atoms with Gasteiger partial charge in [0.2, 0.25) is 0 Å². The van der Waals surface area contributed by atoms with Crippen LogP contribution in [0, 0.1) is 5.92 Å². The molecule has 1 amide bonds. The number of likely N-dealkylation sites (tertiary alicyclic amines) is 1. The summed E-state index contributed by atoms with van der Waals surface area (Å²) in [5.74, 6) is -0.491. The highest BCUT2D eigenvalue weighted by atomic mass is 16.5. The van der Waals surface area contributed by atoms with Crippen molar-refractivity contribution in [3.63, 3.8) is 0 Å². The molecule has 0 saturated carbocycles. The zero-order valence-electron chi connectivity index (χ0n) is 11.6. The molecule has 0 aromatic carbocycles.